The van der Waals surface area contributed by atoms with E-state index in [4.69, 9.17) is 9.47 Å². The van der Waals surface area contributed by atoms with Crippen LogP contribution in [0.3, 0.4) is 0 Å². The van der Waals surface area contributed by atoms with Crippen molar-refractivity contribution in [1.82, 2.24) is 4.98 Å². The smallest absolute Gasteiger partial charge is 0.343 e. The summed E-state index contributed by atoms with van der Waals surface area (Å²) in [5, 5.41) is 0. The van der Waals surface area contributed by atoms with Gasteiger partial charge in [0, 0.05) is 13.2 Å². The Hall–Kier alpha value is -1.96. The Morgan fingerprint density at radius 1 is 1.23 bits per heavy atom. The van der Waals surface area contributed by atoms with E-state index in [1.54, 1.807) is 13.8 Å². The van der Waals surface area contributed by atoms with Gasteiger partial charge in [-0.25, -0.2) is 9.78 Å². The second kappa shape index (κ2) is 8.47. The van der Waals surface area contributed by atoms with Crippen molar-refractivity contribution in [2.75, 3.05) is 25.2 Å². The lowest BCUT2D eigenvalue weighted by Gasteiger charge is -2.20. The predicted molar refractivity (Wildman–Crippen MR) is 82.6 cm³/mol. The molecular weight excluding hydrogens is 356 g/mol. The highest BCUT2D eigenvalue weighted by Crippen LogP contribution is 2.26. The molecule has 22 heavy (non-hydrogen) atoms. The summed E-state index contributed by atoms with van der Waals surface area (Å²) in [5.41, 5.74) is 0.429. The largest absolute Gasteiger partial charge is 0.466 e. The van der Waals surface area contributed by atoms with Gasteiger partial charge >= 0.3 is 11.9 Å². The number of amides is 1. The van der Waals surface area contributed by atoms with Crippen LogP contribution in [0.15, 0.2) is 16.9 Å². The average Bonchev–Trinajstić information content (AvgIpc) is 2.46. The van der Waals surface area contributed by atoms with E-state index in [1.807, 2.05) is 0 Å². The lowest BCUT2D eigenvalue weighted by molar-refractivity contribution is -0.145. The number of hydrogen-bond donors (Lipinski definition) is 0. The second-order valence-electron chi connectivity index (χ2n) is 4.15. The molecule has 0 unspecified atom stereocenters. The van der Waals surface area contributed by atoms with Crippen LogP contribution in [0.4, 0.5) is 5.69 Å². The van der Waals surface area contributed by atoms with Crippen molar-refractivity contribution < 1.29 is 23.9 Å². The fourth-order valence-electron chi connectivity index (χ4n) is 1.69. The van der Waals surface area contributed by atoms with Gasteiger partial charge in [-0.3, -0.25) is 9.59 Å². The van der Waals surface area contributed by atoms with Crippen molar-refractivity contribution in [3.05, 3.63) is 22.4 Å². The third kappa shape index (κ3) is 4.52. The molecule has 0 saturated heterocycles. The van der Waals surface area contributed by atoms with Gasteiger partial charge < -0.3 is 14.4 Å². The Labute approximate surface area is 136 Å². The molecule has 0 N–H and O–H groups in total. The quantitative estimate of drug-likeness (QED) is 0.430. The minimum atomic E-state index is -0.620. The van der Waals surface area contributed by atoms with Crippen LogP contribution >= 0.6 is 15.9 Å². The van der Waals surface area contributed by atoms with Gasteiger partial charge in [-0.05, 0) is 35.8 Å². The molecule has 0 aliphatic heterocycles. The number of carbonyl (C=O) groups excluding carboxylic acids is 3. The minimum Gasteiger partial charge on any atom is -0.466 e. The number of halogens is 1. The van der Waals surface area contributed by atoms with E-state index in [0.717, 1.165) is 0 Å². The van der Waals surface area contributed by atoms with Gasteiger partial charge in [0.1, 0.15) is 16.6 Å². The van der Waals surface area contributed by atoms with Gasteiger partial charge in [-0.1, -0.05) is 0 Å². The number of rotatable bonds is 6. The molecule has 0 spiro atoms. The number of esters is 2. The molecule has 8 heteroatoms. The van der Waals surface area contributed by atoms with Gasteiger partial charge in [-0.2, -0.15) is 0 Å². The molecule has 120 valence electrons. The van der Waals surface area contributed by atoms with Gasteiger partial charge in [-0.15, -0.1) is 0 Å². The maximum atomic E-state index is 12.1. The van der Waals surface area contributed by atoms with Gasteiger partial charge in [0.15, 0.2) is 0 Å². The molecule has 1 rings (SSSR count). The maximum absolute atomic E-state index is 12.1. The zero-order valence-electron chi connectivity index (χ0n) is 12.6. The molecule has 1 aromatic heterocycles. The fourth-order valence-corrected chi connectivity index (χ4v) is 2.17. The first-order valence-electron chi connectivity index (χ1n) is 6.66. The first-order valence-corrected chi connectivity index (χ1v) is 7.45. The molecule has 0 saturated carbocycles. The van der Waals surface area contributed by atoms with Crippen LogP contribution in [0, 0.1) is 0 Å². The lowest BCUT2D eigenvalue weighted by atomic mass is 10.2. The van der Waals surface area contributed by atoms with Crippen LogP contribution in [-0.2, 0) is 19.1 Å². The Morgan fingerprint density at radius 2 is 1.86 bits per heavy atom. The SMILES string of the molecule is CCOC(=O)CC(=O)N(C)c1ccnc(Br)c1C(=O)OCC. The van der Waals surface area contributed by atoms with Gasteiger partial charge in [0.2, 0.25) is 5.91 Å². The number of anilines is 1. The second-order valence-corrected chi connectivity index (χ2v) is 4.90. The maximum Gasteiger partial charge on any atom is 0.343 e. The first-order chi connectivity index (χ1) is 10.4. The topological polar surface area (TPSA) is 85.8 Å². The molecule has 0 aliphatic carbocycles. The fraction of sp³-hybridized carbons (Fsp3) is 0.429. The zero-order valence-corrected chi connectivity index (χ0v) is 14.2. The van der Waals surface area contributed by atoms with E-state index in [9.17, 15) is 14.4 Å². The molecular formula is C14H17BrN2O5. The molecule has 0 radical (unpaired) electrons. The highest BCUT2D eigenvalue weighted by Gasteiger charge is 2.24. The van der Waals surface area contributed by atoms with E-state index in [1.165, 1.54) is 24.2 Å². The molecule has 0 atom stereocenters. The molecule has 7 nitrogen and oxygen atoms in total. The summed E-state index contributed by atoms with van der Waals surface area (Å²) in [6, 6.07) is 1.50. The number of ether oxygens (including phenoxy) is 2. The van der Waals surface area contributed by atoms with Crippen molar-refractivity contribution in [2.45, 2.75) is 20.3 Å². The normalized spacial score (nSPS) is 10.0. The van der Waals surface area contributed by atoms with Crippen molar-refractivity contribution in [2.24, 2.45) is 0 Å². The van der Waals surface area contributed by atoms with Crippen LogP contribution in [0.25, 0.3) is 0 Å². The standard InChI is InChI=1S/C14H17BrN2O5/c1-4-21-11(19)8-10(18)17(3)9-6-7-16-13(15)12(9)14(20)22-5-2/h6-7H,4-5,8H2,1-3H3. The van der Waals surface area contributed by atoms with Crippen LogP contribution in [0.1, 0.15) is 30.6 Å². The molecule has 0 bridgehead atoms. The minimum absolute atomic E-state index is 0.129. The van der Waals surface area contributed by atoms with Crippen molar-refractivity contribution in [3.63, 3.8) is 0 Å². The molecule has 0 aromatic carbocycles. The Balaban J connectivity index is 3.05. The monoisotopic (exact) mass is 372 g/mol. The van der Waals surface area contributed by atoms with Crippen molar-refractivity contribution >= 4 is 39.5 Å². The lowest BCUT2D eigenvalue weighted by Crippen LogP contribution is -2.30. The average molecular weight is 373 g/mol. The zero-order chi connectivity index (χ0) is 16.7. The summed E-state index contributed by atoms with van der Waals surface area (Å²) < 4.78 is 9.96. The summed E-state index contributed by atoms with van der Waals surface area (Å²) in [5.74, 6) is -1.72. The van der Waals surface area contributed by atoms with Crippen molar-refractivity contribution in [1.29, 1.82) is 0 Å². The Morgan fingerprint density at radius 3 is 2.45 bits per heavy atom. The molecule has 1 heterocycles. The number of carbonyl (C=O) groups is 3. The summed E-state index contributed by atoms with van der Waals surface area (Å²) in [4.78, 5) is 40.7. The molecule has 1 aromatic rings. The van der Waals surface area contributed by atoms with E-state index in [2.05, 4.69) is 20.9 Å². The van der Waals surface area contributed by atoms with E-state index in [0.29, 0.717) is 5.69 Å². The summed E-state index contributed by atoms with van der Waals surface area (Å²) in [6.45, 7) is 3.73. The van der Waals surface area contributed by atoms with Crippen LogP contribution in [0.5, 0.6) is 0 Å². The Bertz CT molecular complexity index is 576. The van der Waals surface area contributed by atoms with Crippen LogP contribution < -0.4 is 4.90 Å². The number of aromatic nitrogens is 1. The molecule has 1 amide bonds. The number of nitrogens with zero attached hydrogens (tertiary/aromatic N) is 2. The van der Waals surface area contributed by atoms with E-state index < -0.39 is 24.3 Å². The predicted octanol–water partition coefficient (Wildman–Crippen LogP) is 1.94. The molecule has 0 aliphatic rings. The summed E-state index contributed by atoms with van der Waals surface area (Å²) in [7, 11) is 1.46. The third-order valence-electron chi connectivity index (χ3n) is 2.70. The molecule has 0 fully saturated rings. The number of hydrogen-bond acceptors (Lipinski definition) is 6. The summed E-state index contributed by atoms with van der Waals surface area (Å²) in [6.07, 6.45) is 1.03. The van der Waals surface area contributed by atoms with E-state index in [-0.39, 0.29) is 23.4 Å². The van der Waals surface area contributed by atoms with Crippen LogP contribution in [0.2, 0.25) is 0 Å². The van der Waals surface area contributed by atoms with Crippen molar-refractivity contribution in [3.8, 4) is 0 Å². The van der Waals surface area contributed by atoms with Gasteiger partial charge in [0.25, 0.3) is 0 Å². The van der Waals surface area contributed by atoms with Gasteiger partial charge in [0.05, 0.1) is 18.9 Å². The summed E-state index contributed by atoms with van der Waals surface area (Å²) >= 11 is 3.17. The number of pyridine rings is 1. The van der Waals surface area contributed by atoms with E-state index >= 15 is 0 Å². The highest BCUT2D eigenvalue weighted by molar-refractivity contribution is 9.10. The third-order valence-corrected chi connectivity index (χ3v) is 3.30. The highest BCUT2D eigenvalue weighted by atomic mass is 79.9. The first kappa shape index (κ1) is 18.1. The Kier molecular flexibility index (Phi) is 6.97. The van der Waals surface area contributed by atoms with Crippen LogP contribution in [-0.4, -0.2) is 43.1 Å².